The van der Waals surface area contributed by atoms with Gasteiger partial charge in [0, 0.05) is 19.1 Å². The van der Waals surface area contributed by atoms with Gasteiger partial charge in [-0.05, 0) is 24.6 Å². The molecule has 1 saturated heterocycles. The van der Waals surface area contributed by atoms with Gasteiger partial charge in [0.25, 0.3) is 0 Å². The summed E-state index contributed by atoms with van der Waals surface area (Å²) in [7, 11) is -3.76. The van der Waals surface area contributed by atoms with Crippen molar-refractivity contribution in [1.29, 1.82) is 0 Å². The Morgan fingerprint density at radius 2 is 1.94 bits per heavy atom. The van der Waals surface area contributed by atoms with Crippen LogP contribution in [0, 0.1) is 11.6 Å². The van der Waals surface area contributed by atoms with Gasteiger partial charge >= 0.3 is 0 Å². The van der Waals surface area contributed by atoms with Gasteiger partial charge in [0.1, 0.15) is 0 Å². The maximum Gasteiger partial charge on any atom is 0.243 e. The van der Waals surface area contributed by atoms with Crippen LogP contribution in [-0.4, -0.2) is 31.9 Å². The highest BCUT2D eigenvalue weighted by Gasteiger charge is 2.31. The van der Waals surface area contributed by atoms with Crippen LogP contribution in [0.2, 0.25) is 0 Å². The summed E-state index contributed by atoms with van der Waals surface area (Å²) in [5.41, 5.74) is 5.61. The zero-order chi connectivity index (χ0) is 12.6. The fourth-order valence-corrected chi connectivity index (χ4v) is 3.28. The molecular formula is C10H13ClF2N2O2S. The zero-order valence-corrected chi connectivity index (χ0v) is 11.0. The number of nitrogens with zero attached hydrogens (tertiary/aromatic N) is 1. The van der Waals surface area contributed by atoms with E-state index >= 15 is 0 Å². The smallest absolute Gasteiger partial charge is 0.243 e. The molecule has 1 aromatic rings. The second-order valence-electron chi connectivity index (χ2n) is 3.99. The maximum atomic E-state index is 13.0. The van der Waals surface area contributed by atoms with Gasteiger partial charge in [0.15, 0.2) is 11.6 Å². The average molecular weight is 299 g/mol. The predicted molar refractivity (Wildman–Crippen MR) is 65.0 cm³/mol. The maximum absolute atomic E-state index is 13.0. The molecule has 0 amide bonds. The van der Waals surface area contributed by atoms with Crippen molar-refractivity contribution in [3.05, 3.63) is 29.8 Å². The van der Waals surface area contributed by atoms with Gasteiger partial charge in [-0.1, -0.05) is 0 Å². The lowest BCUT2D eigenvalue weighted by atomic mass is 10.3. The van der Waals surface area contributed by atoms with Crippen molar-refractivity contribution in [3.63, 3.8) is 0 Å². The Labute approximate surface area is 110 Å². The van der Waals surface area contributed by atoms with E-state index in [0.29, 0.717) is 19.0 Å². The van der Waals surface area contributed by atoms with Crippen molar-refractivity contribution in [2.24, 2.45) is 5.73 Å². The third-order valence-corrected chi connectivity index (χ3v) is 4.58. The molecule has 0 radical (unpaired) electrons. The number of halogens is 3. The number of benzene rings is 1. The topological polar surface area (TPSA) is 63.4 Å². The normalized spacial score (nSPS) is 20.7. The molecule has 1 atom stereocenters. The lowest BCUT2D eigenvalue weighted by molar-refractivity contribution is 0.468. The molecule has 1 aromatic carbocycles. The number of hydrogen-bond donors (Lipinski definition) is 1. The van der Waals surface area contributed by atoms with Crippen molar-refractivity contribution in [3.8, 4) is 0 Å². The molecule has 18 heavy (non-hydrogen) atoms. The average Bonchev–Trinajstić information content (AvgIpc) is 2.69. The number of rotatable bonds is 2. The predicted octanol–water partition coefficient (Wildman–Crippen LogP) is 1.11. The monoisotopic (exact) mass is 298 g/mol. The Hall–Kier alpha value is -0.760. The molecule has 1 fully saturated rings. The fraction of sp³-hybridized carbons (Fsp3) is 0.400. The Kier molecular flexibility index (Phi) is 4.66. The molecule has 2 rings (SSSR count). The van der Waals surface area contributed by atoms with Crippen LogP contribution in [0.3, 0.4) is 0 Å². The van der Waals surface area contributed by atoms with Gasteiger partial charge in [-0.2, -0.15) is 4.31 Å². The summed E-state index contributed by atoms with van der Waals surface area (Å²) in [5, 5.41) is 0. The minimum Gasteiger partial charge on any atom is -0.326 e. The third-order valence-electron chi connectivity index (χ3n) is 2.72. The molecule has 102 valence electrons. The molecule has 0 bridgehead atoms. The molecule has 0 aliphatic carbocycles. The molecule has 0 unspecified atom stereocenters. The number of sulfonamides is 1. The van der Waals surface area contributed by atoms with Crippen LogP contribution in [-0.2, 0) is 10.0 Å². The lowest BCUT2D eigenvalue weighted by Gasteiger charge is -2.15. The van der Waals surface area contributed by atoms with Crippen LogP contribution in [0.25, 0.3) is 0 Å². The summed E-state index contributed by atoms with van der Waals surface area (Å²) in [6.45, 7) is 0.518. The summed E-state index contributed by atoms with van der Waals surface area (Å²) in [5.74, 6) is -2.24. The minimum absolute atomic E-state index is 0. The molecule has 1 aliphatic rings. The summed E-state index contributed by atoms with van der Waals surface area (Å²) < 4.78 is 50.9. The van der Waals surface area contributed by atoms with Gasteiger partial charge in [-0.25, -0.2) is 17.2 Å². The van der Waals surface area contributed by atoms with Crippen LogP contribution < -0.4 is 5.73 Å². The van der Waals surface area contributed by atoms with E-state index in [4.69, 9.17) is 5.73 Å². The molecule has 0 spiro atoms. The standard InChI is InChI=1S/C10H12F2N2O2S.ClH/c11-9-2-1-8(5-10(9)12)17(15,16)14-4-3-7(13)6-14;/h1-2,5,7H,3-4,6,13H2;1H/t7-;/m0./s1. The van der Waals surface area contributed by atoms with E-state index in [1.165, 1.54) is 4.31 Å². The molecule has 4 nitrogen and oxygen atoms in total. The van der Waals surface area contributed by atoms with E-state index in [9.17, 15) is 17.2 Å². The molecular weight excluding hydrogens is 286 g/mol. The summed E-state index contributed by atoms with van der Waals surface area (Å²) >= 11 is 0. The highest BCUT2D eigenvalue weighted by atomic mass is 35.5. The van der Waals surface area contributed by atoms with E-state index in [0.717, 1.165) is 12.1 Å². The third kappa shape index (κ3) is 2.80. The quantitative estimate of drug-likeness (QED) is 0.889. The van der Waals surface area contributed by atoms with Crippen LogP contribution in [0.1, 0.15) is 6.42 Å². The van der Waals surface area contributed by atoms with Crippen LogP contribution >= 0.6 is 12.4 Å². The van der Waals surface area contributed by atoms with Crippen molar-refractivity contribution in [2.75, 3.05) is 13.1 Å². The van der Waals surface area contributed by atoms with E-state index in [1.807, 2.05) is 0 Å². The van der Waals surface area contributed by atoms with Crippen LogP contribution in [0.15, 0.2) is 23.1 Å². The first-order valence-electron chi connectivity index (χ1n) is 5.12. The second kappa shape index (κ2) is 5.48. The van der Waals surface area contributed by atoms with Gasteiger partial charge in [-0.3, -0.25) is 0 Å². The molecule has 2 N–H and O–H groups in total. The Balaban J connectivity index is 0.00000162. The SMILES string of the molecule is Cl.N[C@H]1CCN(S(=O)(=O)c2ccc(F)c(F)c2)C1. The van der Waals surface area contributed by atoms with Crippen molar-refractivity contribution in [2.45, 2.75) is 17.4 Å². The van der Waals surface area contributed by atoms with Gasteiger partial charge < -0.3 is 5.73 Å². The summed E-state index contributed by atoms with van der Waals surface area (Å²) in [6, 6.07) is 2.35. The van der Waals surface area contributed by atoms with Gasteiger partial charge in [0.05, 0.1) is 4.90 Å². The first-order chi connectivity index (χ1) is 7.91. The fourth-order valence-electron chi connectivity index (χ4n) is 1.76. The Morgan fingerprint density at radius 3 is 2.44 bits per heavy atom. The highest BCUT2D eigenvalue weighted by Crippen LogP contribution is 2.21. The van der Waals surface area contributed by atoms with Crippen LogP contribution in [0.4, 0.5) is 8.78 Å². The largest absolute Gasteiger partial charge is 0.326 e. The summed E-state index contributed by atoms with van der Waals surface area (Å²) in [6.07, 6.45) is 0.572. The number of nitrogens with two attached hydrogens (primary N) is 1. The van der Waals surface area contributed by atoms with Crippen LogP contribution in [0.5, 0.6) is 0 Å². The summed E-state index contributed by atoms with van der Waals surface area (Å²) in [4.78, 5) is -0.245. The first-order valence-corrected chi connectivity index (χ1v) is 6.56. The van der Waals surface area contributed by atoms with E-state index in [-0.39, 0.29) is 29.9 Å². The Bertz CT molecular complexity index is 539. The van der Waals surface area contributed by atoms with Gasteiger partial charge in [-0.15, -0.1) is 12.4 Å². The zero-order valence-electron chi connectivity index (χ0n) is 9.34. The molecule has 0 aromatic heterocycles. The van der Waals surface area contributed by atoms with Crippen molar-refractivity contribution >= 4 is 22.4 Å². The van der Waals surface area contributed by atoms with Gasteiger partial charge in [0.2, 0.25) is 10.0 Å². The van der Waals surface area contributed by atoms with E-state index in [1.54, 1.807) is 0 Å². The number of hydrogen-bond acceptors (Lipinski definition) is 3. The minimum atomic E-state index is -3.76. The molecule has 0 saturated carbocycles. The molecule has 8 heteroatoms. The molecule has 1 aliphatic heterocycles. The second-order valence-corrected chi connectivity index (χ2v) is 5.93. The van der Waals surface area contributed by atoms with E-state index < -0.39 is 21.7 Å². The molecule has 1 heterocycles. The first kappa shape index (κ1) is 15.3. The highest BCUT2D eigenvalue weighted by molar-refractivity contribution is 7.89. The Morgan fingerprint density at radius 1 is 1.28 bits per heavy atom. The van der Waals surface area contributed by atoms with Crippen molar-refractivity contribution < 1.29 is 17.2 Å². The van der Waals surface area contributed by atoms with E-state index in [2.05, 4.69) is 0 Å². The van der Waals surface area contributed by atoms with Crippen molar-refractivity contribution in [1.82, 2.24) is 4.31 Å². The lowest BCUT2D eigenvalue weighted by Crippen LogP contribution is -2.32.